The van der Waals surface area contributed by atoms with Gasteiger partial charge < -0.3 is 13.9 Å². The number of nitrogens with zero attached hydrogens (tertiary/aromatic N) is 2. The normalized spacial score (nSPS) is 15.7. The molecule has 0 saturated carbocycles. The first kappa shape index (κ1) is 22.2. The van der Waals surface area contributed by atoms with Crippen LogP contribution in [-0.2, 0) is 40.5 Å². The van der Waals surface area contributed by atoms with Gasteiger partial charge in [-0.25, -0.2) is 9.18 Å². The molecule has 0 spiro atoms. The third-order valence-electron chi connectivity index (χ3n) is 5.14. The number of urea groups is 1. The summed E-state index contributed by atoms with van der Waals surface area (Å²) in [4.78, 5) is 16.7. The molecule has 9 heteroatoms. The minimum atomic E-state index is -1.79. The van der Waals surface area contributed by atoms with Gasteiger partial charge in [-0.15, -0.1) is 21.9 Å². The van der Waals surface area contributed by atoms with Crippen LogP contribution in [0.25, 0.3) is 0 Å². The van der Waals surface area contributed by atoms with Crippen LogP contribution < -0.4 is 5.32 Å². The third kappa shape index (κ3) is 4.51. The van der Waals surface area contributed by atoms with Gasteiger partial charge in [-0.1, -0.05) is 13.8 Å². The highest BCUT2D eigenvalue weighted by Gasteiger charge is 2.29. The summed E-state index contributed by atoms with van der Waals surface area (Å²) in [6.07, 6.45) is 7.91. The number of hydrogen-bond acceptors (Lipinski definition) is 6. The fraction of sp³-hybridized carbons (Fsp3) is 0.500. The minimum absolute atomic E-state index is 0.0839. The van der Waals surface area contributed by atoms with E-state index in [2.05, 4.69) is 27.3 Å². The molecule has 1 aromatic carbocycles. The van der Waals surface area contributed by atoms with Gasteiger partial charge in [0.15, 0.2) is 0 Å². The van der Waals surface area contributed by atoms with Gasteiger partial charge in [0, 0.05) is 17.8 Å². The summed E-state index contributed by atoms with van der Waals surface area (Å²) < 4.78 is 31.3. The number of aromatic nitrogens is 1. The number of amides is 2. The Morgan fingerprint density at radius 3 is 2.24 bits per heavy atom. The smallest absolute Gasteiger partial charge is 0.322 e. The first-order chi connectivity index (χ1) is 14.0. The van der Waals surface area contributed by atoms with Crippen molar-refractivity contribution in [3.8, 4) is 0 Å². The van der Waals surface area contributed by atoms with E-state index >= 15 is 0 Å². The van der Waals surface area contributed by atoms with Crippen LogP contribution in [-0.4, -0.2) is 17.3 Å². The van der Waals surface area contributed by atoms with Crippen molar-refractivity contribution in [2.75, 3.05) is 11.6 Å². The van der Waals surface area contributed by atoms with Crippen LogP contribution in [0.4, 0.5) is 14.9 Å². The Morgan fingerprint density at radius 2 is 1.72 bits per heavy atom. The zero-order valence-corrected chi connectivity index (χ0v) is 19.3. The lowest BCUT2D eigenvalue weighted by atomic mass is 9.98. The Bertz CT molecular complexity index is 976. The second kappa shape index (κ2) is 9.57. The summed E-state index contributed by atoms with van der Waals surface area (Å²) >= 11 is 4.83. The van der Waals surface area contributed by atoms with Crippen molar-refractivity contribution in [3.63, 3.8) is 0 Å². The number of anilines is 1. The largest absolute Gasteiger partial charge is 0.439 e. The zero-order chi connectivity index (χ0) is 21.1. The van der Waals surface area contributed by atoms with E-state index in [0.717, 1.165) is 52.9 Å². The standard InChI is InChI=1S/C19H21FN3O2S2.CH4S/c1-10(2)18-21-9-15(26-18)27(25)23-19(24)22-17-13-7-3-5-11(13)16(20)12-6-4-8-14(12)17;1-2/h9-10H,3-8H2,1-2H3,(H,22,24);2H,1H3/q-1;. The molecule has 0 radical (unpaired) electrons. The van der Waals surface area contributed by atoms with Gasteiger partial charge in [0.25, 0.3) is 0 Å². The highest BCUT2D eigenvalue weighted by atomic mass is 32.2. The molecule has 0 atom stereocenters. The number of thiazole rings is 1. The molecule has 0 unspecified atom stereocenters. The lowest BCUT2D eigenvalue weighted by molar-refractivity contribution is 0.260. The van der Waals surface area contributed by atoms with Crippen LogP contribution in [0.3, 0.4) is 0 Å². The van der Waals surface area contributed by atoms with Crippen LogP contribution in [0.15, 0.2) is 14.8 Å². The van der Waals surface area contributed by atoms with E-state index in [0.29, 0.717) is 22.7 Å². The lowest BCUT2D eigenvalue weighted by Gasteiger charge is -2.16. The molecule has 1 aromatic heterocycles. The number of nitrogens with one attached hydrogen (secondary N) is 1. The molecule has 2 aliphatic rings. The van der Waals surface area contributed by atoms with Crippen LogP contribution in [0, 0.1) is 5.82 Å². The van der Waals surface area contributed by atoms with Gasteiger partial charge in [0.2, 0.25) is 0 Å². The van der Waals surface area contributed by atoms with Crippen LogP contribution in [0.5, 0.6) is 0 Å². The van der Waals surface area contributed by atoms with Crippen LogP contribution >= 0.6 is 24.0 Å². The predicted octanol–water partition coefficient (Wildman–Crippen LogP) is 5.67. The molecule has 2 aromatic rings. The fourth-order valence-corrected chi connectivity index (χ4v) is 5.64. The molecule has 29 heavy (non-hydrogen) atoms. The first-order valence-corrected chi connectivity index (χ1v) is 12.5. The summed E-state index contributed by atoms with van der Waals surface area (Å²) in [5.41, 5.74) is 3.95. The fourth-order valence-electron chi connectivity index (χ4n) is 3.91. The molecule has 1 heterocycles. The van der Waals surface area contributed by atoms with Crippen molar-refractivity contribution in [2.24, 2.45) is 4.36 Å². The highest BCUT2D eigenvalue weighted by molar-refractivity contribution is 7.79. The van der Waals surface area contributed by atoms with Gasteiger partial charge in [0.1, 0.15) is 5.82 Å². The third-order valence-corrected chi connectivity index (χ3v) is 7.69. The SMILES string of the molecule is CC(C)c1ncc([S-](=O)=NC(=O)Nc2c3c(c(F)c4c2CCC4)CCC3)s1.CS. The predicted molar refractivity (Wildman–Crippen MR) is 119 cm³/mol. The summed E-state index contributed by atoms with van der Waals surface area (Å²) in [5, 5.41) is 3.68. The number of benzene rings is 1. The average molecular weight is 455 g/mol. The van der Waals surface area contributed by atoms with E-state index in [1.165, 1.54) is 17.5 Å². The van der Waals surface area contributed by atoms with Crippen molar-refractivity contribution in [1.82, 2.24) is 4.98 Å². The summed E-state index contributed by atoms with van der Waals surface area (Å²) in [6, 6.07) is -0.650. The summed E-state index contributed by atoms with van der Waals surface area (Å²) in [7, 11) is -1.79. The minimum Gasteiger partial charge on any atom is -0.439 e. The van der Waals surface area contributed by atoms with E-state index in [4.69, 9.17) is 0 Å². The summed E-state index contributed by atoms with van der Waals surface area (Å²) in [6.45, 7) is 4.01. The second-order valence-electron chi connectivity index (χ2n) is 7.25. The maximum absolute atomic E-state index is 14.7. The number of thiol groups is 1. The molecule has 1 N–H and O–H groups in total. The maximum Gasteiger partial charge on any atom is 0.322 e. The van der Waals surface area contributed by atoms with Crippen molar-refractivity contribution < 1.29 is 13.4 Å². The van der Waals surface area contributed by atoms with Crippen molar-refractivity contribution in [2.45, 2.75) is 62.5 Å². The molecule has 158 valence electrons. The molecule has 0 fully saturated rings. The number of rotatable bonds is 3. The van der Waals surface area contributed by atoms with Crippen LogP contribution in [0.2, 0.25) is 0 Å². The monoisotopic (exact) mass is 454 g/mol. The van der Waals surface area contributed by atoms with E-state index in [1.807, 2.05) is 13.8 Å². The molecule has 5 nitrogen and oxygen atoms in total. The number of halogens is 1. The Morgan fingerprint density at radius 1 is 1.17 bits per heavy atom. The number of fused-ring (bicyclic) bond motifs is 2. The topological polar surface area (TPSA) is 71.4 Å². The Labute approximate surface area is 182 Å². The Kier molecular flexibility index (Phi) is 7.34. The van der Waals surface area contributed by atoms with E-state index in [9.17, 15) is 13.4 Å². The molecule has 2 amide bonds. The Hall–Kier alpha value is -1.45. The van der Waals surface area contributed by atoms with Gasteiger partial charge in [-0.3, -0.25) is 4.98 Å². The number of carbonyl (C=O) groups excluding carboxylic acids is 1. The molecule has 0 saturated heterocycles. The molecule has 4 rings (SSSR count). The molecular weight excluding hydrogens is 429 g/mol. The maximum atomic E-state index is 14.7. The van der Waals surface area contributed by atoms with Crippen LogP contribution in [0.1, 0.15) is 59.9 Å². The summed E-state index contributed by atoms with van der Waals surface area (Å²) in [5.74, 6) is 0.151. The van der Waals surface area contributed by atoms with Crippen molar-refractivity contribution in [1.29, 1.82) is 0 Å². The first-order valence-electron chi connectivity index (χ1n) is 9.65. The van der Waals surface area contributed by atoms with Gasteiger partial charge in [-0.05, 0) is 71.2 Å². The van der Waals surface area contributed by atoms with Gasteiger partial charge in [-0.2, -0.15) is 12.6 Å². The van der Waals surface area contributed by atoms with E-state index in [-0.39, 0.29) is 11.7 Å². The lowest BCUT2D eigenvalue weighted by Crippen LogP contribution is -2.12. The second-order valence-corrected chi connectivity index (χ2v) is 9.69. The average Bonchev–Trinajstić information content (AvgIpc) is 3.46. The van der Waals surface area contributed by atoms with Crippen molar-refractivity contribution in [3.05, 3.63) is 39.3 Å². The van der Waals surface area contributed by atoms with E-state index < -0.39 is 16.6 Å². The number of carbonyl (C=O) groups is 1. The molecule has 0 aliphatic heterocycles. The van der Waals surface area contributed by atoms with Crippen molar-refractivity contribution >= 4 is 46.3 Å². The molecular formula is C20H25FN3O2S3-. The zero-order valence-electron chi connectivity index (χ0n) is 16.7. The number of hydrogen-bond donors (Lipinski definition) is 2. The quantitative estimate of drug-likeness (QED) is 0.464. The van der Waals surface area contributed by atoms with Gasteiger partial charge >= 0.3 is 6.03 Å². The molecule has 2 aliphatic carbocycles. The van der Waals surface area contributed by atoms with E-state index in [1.54, 1.807) is 6.26 Å². The van der Waals surface area contributed by atoms with Gasteiger partial charge in [0.05, 0.1) is 5.01 Å². The highest BCUT2D eigenvalue weighted by Crippen LogP contribution is 2.41. The Balaban J connectivity index is 0.00000117. The molecule has 0 bridgehead atoms.